The van der Waals surface area contributed by atoms with E-state index in [1.807, 2.05) is 18.2 Å². The molecule has 3 aromatic carbocycles. The minimum absolute atomic E-state index is 0.145. The van der Waals surface area contributed by atoms with Crippen LogP contribution in [0.1, 0.15) is 15.9 Å². The molecule has 0 radical (unpaired) electrons. The number of benzene rings is 3. The van der Waals surface area contributed by atoms with Crippen molar-refractivity contribution in [1.82, 2.24) is 14.8 Å². The minimum Gasteiger partial charge on any atom is -0.376 e. The second-order valence-electron chi connectivity index (χ2n) is 8.88. The number of aromatic nitrogens is 1. The van der Waals surface area contributed by atoms with E-state index in [0.29, 0.717) is 18.5 Å². The Balaban J connectivity index is 1.22. The van der Waals surface area contributed by atoms with Gasteiger partial charge in [0.15, 0.2) is 11.6 Å². The van der Waals surface area contributed by atoms with Crippen molar-refractivity contribution in [3.05, 3.63) is 102 Å². The van der Waals surface area contributed by atoms with Crippen LogP contribution in [0.2, 0.25) is 0 Å². The molecule has 1 amide bonds. The molecule has 0 N–H and O–H groups in total. The number of para-hydroxylation sites is 1. The minimum atomic E-state index is -4.35. The van der Waals surface area contributed by atoms with Crippen molar-refractivity contribution in [3.8, 4) is 5.75 Å². The largest absolute Gasteiger partial charge is 0.376 e. The number of carbonyl (C=O) groups excluding carboxylic acids is 1. The van der Waals surface area contributed by atoms with Gasteiger partial charge in [0.2, 0.25) is 0 Å². The first-order chi connectivity index (χ1) is 17.9. The van der Waals surface area contributed by atoms with Gasteiger partial charge in [-0.1, -0.05) is 48.5 Å². The van der Waals surface area contributed by atoms with Gasteiger partial charge in [0, 0.05) is 49.9 Å². The van der Waals surface area contributed by atoms with Gasteiger partial charge in [-0.2, -0.15) is 8.42 Å². The summed E-state index contributed by atoms with van der Waals surface area (Å²) in [4.78, 5) is 20.9. The van der Waals surface area contributed by atoms with Gasteiger partial charge < -0.3 is 9.08 Å². The molecule has 4 aromatic rings. The van der Waals surface area contributed by atoms with Crippen LogP contribution in [0.5, 0.6) is 5.75 Å². The quantitative estimate of drug-likeness (QED) is 0.342. The SMILES string of the molecule is O=C(c1ccc(OS(=O)(=O)c2cccc3cccnc23)c(F)c1)N1CCN(CCc2ccccc2)CC1. The predicted octanol–water partition coefficient (Wildman–Crippen LogP) is 4.14. The Bertz CT molecular complexity index is 1520. The lowest BCUT2D eigenvalue weighted by atomic mass is 10.1. The van der Waals surface area contributed by atoms with Gasteiger partial charge in [-0.05, 0) is 42.3 Å². The maximum Gasteiger partial charge on any atom is 0.341 e. The van der Waals surface area contributed by atoms with Gasteiger partial charge >= 0.3 is 10.1 Å². The standard InChI is InChI=1S/C28H26FN3O4S/c29-24-20-23(28(33)32-18-16-31(17-19-32)15-13-21-6-2-1-3-7-21)11-12-25(24)36-37(34,35)26-10-4-8-22-9-5-14-30-27(22)26/h1-12,14,20H,13,15-19H2. The van der Waals surface area contributed by atoms with Crippen molar-refractivity contribution in [2.45, 2.75) is 11.3 Å². The van der Waals surface area contributed by atoms with Gasteiger partial charge in [0.25, 0.3) is 5.91 Å². The summed E-state index contributed by atoms with van der Waals surface area (Å²) < 4.78 is 45.8. The highest BCUT2D eigenvalue weighted by Gasteiger charge is 2.25. The summed E-state index contributed by atoms with van der Waals surface area (Å²) in [5.41, 5.74) is 1.66. The lowest BCUT2D eigenvalue weighted by molar-refractivity contribution is 0.0638. The van der Waals surface area contributed by atoms with Crippen LogP contribution in [0.4, 0.5) is 4.39 Å². The number of carbonyl (C=O) groups is 1. The molecule has 1 fully saturated rings. The van der Waals surface area contributed by atoms with E-state index in [1.165, 1.54) is 30.0 Å². The average molecular weight is 520 g/mol. The summed E-state index contributed by atoms with van der Waals surface area (Å²) in [5.74, 6) is -1.70. The van der Waals surface area contributed by atoms with Crippen molar-refractivity contribution in [3.63, 3.8) is 0 Å². The average Bonchev–Trinajstić information content (AvgIpc) is 2.93. The third kappa shape index (κ3) is 5.63. The maximum absolute atomic E-state index is 14.9. The molecule has 0 unspecified atom stereocenters. The summed E-state index contributed by atoms with van der Waals surface area (Å²) in [6.07, 6.45) is 2.42. The zero-order chi connectivity index (χ0) is 25.8. The van der Waals surface area contributed by atoms with E-state index in [1.54, 1.807) is 29.2 Å². The summed E-state index contributed by atoms with van der Waals surface area (Å²) in [7, 11) is -4.35. The normalized spacial score (nSPS) is 14.6. The van der Waals surface area contributed by atoms with Gasteiger partial charge in [0.1, 0.15) is 4.90 Å². The van der Waals surface area contributed by atoms with Gasteiger partial charge in [-0.3, -0.25) is 14.7 Å². The number of hydrogen-bond acceptors (Lipinski definition) is 6. The van der Waals surface area contributed by atoms with E-state index >= 15 is 0 Å². The second kappa shape index (κ2) is 10.7. The topological polar surface area (TPSA) is 79.8 Å². The zero-order valence-electron chi connectivity index (χ0n) is 20.1. The molecule has 9 heteroatoms. The Morgan fingerprint density at radius 2 is 1.68 bits per heavy atom. The Labute approximate surface area is 215 Å². The third-order valence-electron chi connectivity index (χ3n) is 6.46. The first-order valence-electron chi connectivity index (χ1n) is 12.0. The molecular formula is C28H26FN3O4S. The first-order valence-corrected chi connectivity index (χ1v) is 13.4. The lowest BCUT2D eigenvalue weighted by Crippen LogP contribution is -2.49. The smallest absolute Gasteiger partial charge is 0.341 e. The Kier molecular flexibility index (Phi) is 7.16. The molecule has 0 spiro atoms. The van der Waals surface area contributed by atoms with Gasteiger partial charge in [-0.25, -0.2) is 4.39 Å². The molecule has 1 aliphatic rings. The Hall–Kier alpha value is -3.82. The van der Waals surface area contributed by atoms with Crippen molar-refractivity contribution < 1.29 is 21.8 Å². The molecule has 5 rings (SSSR count). The molecule has 2 heterocycles. The first kappa shape index (κ1) is 24.9. The molecule has 1 aromatic heterocycles. The van der Waals surface area contributed by atoms with E-state index in [0.717, 1.165) is 32.1 Å². The van der Waals surface area contributed by atoms with Crippen LogP contribution in [-0.2, 0) is 16.5 Å². The van der Waals surface area contributed by atoms with E-state index < -0.39 is 21.7 Å². The van der Waals surface area contributed by atoms with Crippen LogP contribution in [0.3, 0.4) is 0 Å². The van der Waals surface area contributed by atoms with Crippen molar-refractivity contribution in [2.24, 2.45) is 0 Å². The van der Waals surface area contributed by atoms with Gasteiger partial charge in [0.05, 0.1) is 5.52 Å². The molecule has 0 atom stereocenters. The highest BCUT2D eigenvalue weighted by Crippen LogP contribution is 2.27. The van der Waals surface area contributed by atoms with E-state index in [2.05, 4.69) is 22.0 Å². The maximum atomic E-state index is 14.9. The summed E-state index contributed by atoms with van der Waals surface area (Å²) >= 11 is 0. The number of pyridine rings is 1. The van der Waals surface area contributed by atoms with Crippen molar-refractivity contribution in [1.29, 1.82) is 0 Å². The van der Waals surface area contributed by atoms with Crippen LogP contribution in [0.15, 0.2) is 90.0 Å². The monoisotopic (exact) mass is 519 g/mol. The zero-order valence-corrected chi connectivity index (χ0v) is 20.9. The van der Waals surface area contributed by atoms with Crippen LogP contribution in [0, 0.1) is 5.82 Å². The molecule has 0 saturated carbocycles. The molecule has 37 heavy (non-hydrogen) atoms. The number of halogens is 1. The molecule has 0 bridgehead atoms. The molecule has 7 nitrogen and oxygen atoms in total. The summed E-state index contributed by atoms with van der Waals surface area (Å²) in [5, 5.41) is 0.619. The molecule has 1 aliphatic heterocycles. The predicted molar refractivity (Wildman–Crippen MR) is 138 cm³/mol. The van der Waals surface area contributed by atoms with Crippen LogP contribution < -0.4 is 4.18 Å². The molecule has 0 aliphatic carbocycles. The fourth-order valence-electron chi connectivity index (χ4n) is 4.43. The van der Waals surface area contributed by atoms with E-state index in [-0.39, 0.29) is 21.9 Å². The number of piperazine rings is 1. The highest BCUT2D eigenvalue weighted by molar-refractivity contribution is 7.87. The number of fused-ring (bicyclic) bond motifs is 1. The van der Waals surface area contributed by atoms with Gasteiger partial charge in [-0.15, -0.1) is 0 Å². The fourth-order valence-corrected chi connectivity index (χ4v) is 5.55. The number of rotatable bonds is 7. The molecule has 190 valence electrons. The number of nitrogens with zero attached hydrogens (tertiary/aromatic N) is 3. The number of hydrogen-bond donors (Lipinski definition) is 0. The van der Waals surface area contributed by atoms with E-state index in [4.69, 9.17) is 4.18 Å². The second-order valence-corrected chi connectivity index (χ2v) is 10.4. The highest BCUT2D eigenvalue weighted by atomic mass is 32.2. The fraction of sp³-hybridized carbons (Fsp3) is 0.214. The Morgan fingerprint density at radius 3 is 2.43 bits per heavy atom. The number of amides is 1. The van der Waals surface area contributed by atoms with Crippen molar-refractivity contribution in [2.75, 3.05) is 32.7 Å². The van der Waals surface area contributed by atoms with Crippen LogP contribution >= 0.6 is 0 Å². The van der Waals surface area contributed by atoms with E-state index in [9.17, 15) is 17.6 Å². The summed E-state index contributed by atoms with van der Waals surface area (Å²) in [6.45, 7) is 3.46. The van der Waals surface area contributed by atoms with Crippen LogP contribution in [0.25, 0.3) is 10.9 Å². The van der Waals surface area contributed by atoms with Crippen molar-refractivity contribution >= 4 is 26.9 Å². The molecular weight excluding hydrogens is 493 g/mol. The molecule has 1 saturated heterocycles. The third-order valence-corrected chi connectivity index (χ3v) is 7.73. The lowest BCUT2D eigenvalue weighted by Gasteiger charge is -2.34. The van der Waals surface area contributed by atoms with Crippen LogP contribution in [-0.4, -0.2) is 61.8 Å². The Morgan fingerprint density at radius 1 is 0.919 bits per heavy atom. The summed E-state index contributed by atoms with van der Waals surface area (Å²) in [6, 6.07) is 21.9.